The lowest BCUT2D eigenvalue weighted by Crippen LogP contribution is -2.37. The molecule has 0 aliphatic rings. The van der Waals surface area contributed by atoms with Gasteiger partial charge < -0.3 is 9.30 Å². The van der Waals surface area contributed by atoms with Crippen LogP contribution < -0.4 is 4.74 Å². The molecule has 4 aromatic rings. The molecule has 0 fully saturated rings. The van der Waals surface area contributed by atoms with Crippen molar-refractivity contribution >= 4 is 5.91 Å². The summed E-state index contributed by atoms with van der Waals surface area (Å²) in [4.78, 5) is 16.2. The number of ether oxygens (including phenoxy) is 1. The molecule has 172 valence electrons. The zero-order chi connectivity index (χ0) is 24.1. The zero-order valence-electron chi connectivity index (χ0n) is 19.2. The van der Waals surface area contributed by atoms with Crippen molar-refractivity contribution in [2.75, 3.05) is 7.11 Å². The summed E-state index contributed by atoms with van der Waals surface area (Å²) in [5.41, 5.74) is 4.41. The van der Waals surface area contributed by atoms with Crippen LogP contribution in [0.4, 0.5) is 0 Å². The van der Waals surface area contributed by atoms with Crippen molar-refractivity contribution in [1.29, 1.82) is 0 Å². The Labute approximate surface area is 198 Å². The lowest BCUT2D eigenvalue weighted by atomic mass is 10.1. The molecule has 1 atom stereocenters. The maximum Gasteiger partial charge on any atom is 0.267 e. The third-order valence-corrected chi connectivity index (χ3v) is 5.28. The van der Waals surface area contributed by atoms with Crippen LogP contribution in [0.15, 0.2) is 73.3 Å². The van der Waals surface area contributed by atoms with E-state index in [2.05, 4.69) is 21.9 Å². The number of carbonyl (C=O) groups excluding carboxylic acids is 1. The van der Waals surface area contributed by atoms with Gasteiger partial charge in [0, 0.05) is 24.0 Å². The molecule has 1 N–H and O–H groups in total. The second-order valence-electron chi connectivity index (χ2n) is 7.81. The molecule has 8 heteroatoms. The van der Waals surface area contributed by atoms with Crippen LogP contribution in [-0.2, 0) is 11.3 Å². The van der Waals surface area contributed by atoms with Crippen molar-refractivity contribution in [3.05, 3.63) is 84.6 Å². The number of rotatable bonds is 6. The van der Waals surface area contributed by atoms with E-state index in [0.717, 1.165) is 28.3 Å². The summed E-state index contributed by atoms with van der Waals surface area (Å²) in [6.45, 7) is 3.67. The number of hydrogen-bond donors (Lipinski definition) is 1. The van der Waals surface area contributed by atoms with Crippen molar-refractivity contribution in [1.82, 2.24) is 24.4 Å². The molecule has 8 nitrogen and oxygen atoms in total. The Kier molecular flexibility index (Phi) is 6.76. The van der Waals surface area contributed by atoms with Crippen molar-refractivity contribution in [3.8, 4) is 34.5 Å². The summed E-state index contributed by atoms with van der Waals surface area (Å²) in [5, 5.41) is 15.6. The molecule has 34 heavy (non-hydrogen) atoms. The Morgan fingerprint density at radius 2 is 1.91 bits per heavy atom. The average molecular weight is 456 g/mol. The van der Waals surface area contributed by atoms with Crippen LogP contribution in [0.2, 0.25) is 0 Å². The molecular formula is C26H25N5O3. The van der Waals surface area contributed by atoms with Gasteiger partial charge >= 0.3 is 0 Å². The Hall–Kier alpha value is -4.35. The molecule has 0 spiro atoms. The van der Waals surface area contributed by atoms with Gasteiger partial charge in [-0.1, -0.05) is 35.7 Å². The smallest absolute Gasteiger partial charge is 0.267 e. The van der Waals surface area contributed by atoms with Gasteiger partial charge in [0.05, 0.1) is 24.8 Å². The predicted molar refractivity (Wildman–Crippen MR) is 127 cm³/mol. The van der Waals surface area contributed by atoms with Gasteiger partial charge in [-0.2, -0.15) is 5.10 Å². The molecule has 1 amide bonds. The SMILES string of the molecule is COc1ccc(-n2nc(C#CC(C)N(O)C(=O)Cn3ccnc3)cc2-c2ccc(C)cc2)cc1. The fraction of sp³-hybridized carbons (Fsp3) is 0.192. The number of hydrogen-bond acceptors (Lipinski definition) is 5. The number of benzene rings is 2. The van der Waals surface area contributed by atoms with E-state index < -0.39 is 11.9 Å². The Morgan fingerprint density at radius 1 is 1.18 bits per heavy atom. The van der Waals surface area contributed by atoms with Crippen molar-refractivity contribution in [2.45, 2.75) is 26.4 Å². The number of imidazole rings is 1. The van der Waals surface area contributed by atoms with Crippen molar-refractivity contribution in [3.63, 3.8) is 0 Å². The molecule has 4 rings (SSSR count). The Bertz CT molecular complexity index is 1310. The van der Waals surface area contributed by atoms with Gasteiger partial charge in [0.15, 0.2) is 0 Å². The summed E-state index contributed by atoms with van der Waals surface area (Å²) in [7, 11) is 1.63. The first kappa shape index (κ1) is 22.8. The van der Waals surface area contributed by atoms with Gasteiger partial charge in [0.1, 0.15) is 24.0 Å². The second-order valence-corrected chi connectivity index (χ2v) is 7.81. The normalized spacial score (nSPS) is 11.4. The molecule has 0 bridgehead atoms. The van der Waals surface area contributed by atoms with E-state index in [9.17, 15) is 10.0 Å². The number of aromatic nitrogens is 4. The summed E-state index contributed by atoms with van der Waals surface area (Å²) in [6, 6.07) is 16.9. The minimum Gasteiger partial charge on any atom is -0.497 e. The fourth-order valence-corrected chi connectivity index (χ4v) is 3.36. The molecule has 0 radical (unpaired) electrons. The lowest BCUT2D eigenvalue weighted by molar-refractivity contribution is -0.170. The van der Waals surface area contributed by atoms with E-state index in [0.29, 0.717) is 10.8 Å². The molecule has 1 unspecified atom stereocenters. The van der Waals surface area contributed by atoms with Crippen LogP contribution in [0.3, 0.4) is 0 Å². The first-order valence-electron chi connectivity index (χ1n) is 10.7. The first-order valence-corrected chi connectivity index (χ1v) is 10.7. The Balaban J connectivity index is 1.61. The van der Waals surface area contributed by atoms with E-state index >= 15 is 0 Å². The third kappa shape index (κ3) is 5.17. The quantitative estimate of drug-likeness (QED) is 0.272. The number of carbonyl (C=O) groups is 1. The van der Waals surface area contributed by atoms with E-state index in [4.69, 9.17) is 4.74 Å². The zero-order valence-corrected chi connectivity index (χ0v) is 19.2. The van der Waals surface area contributed by atoms with E-state index in [1.165, 1.54) is 6.33 Å². The molecule has 2 aromatic heterocycles. The largest absolute Gasteiger partial charge is 0.497 e. The number of hydroxylamine groups is 2. The molecular weight excluding hydrogens is 430 g/mol. The van der Waals surface area contributed by atoms with Crippen LogP contribution >= 0.6 is 0 Å². The van der Waals surface area contributed by atoms with Crippen LogP contribution in [0, 0.1) is 18.8 Å². The van der Waals surface area contributed by atoms with Gasteiger partial charge in [-0.3, -0.25) is 10.0 Å². The van der Waals surface area contributed by atoms with Gasteiger partial charge in [0.25, 0.3) is 5.91 Å². The second kappa shape index (κ2) is 10.1. The summed E-state index contributed by atoms with van der Waals surface area (Å²) >= 11 is 0. The van der Waals surface area contributed by atoms with E-state index in [1.54, 1.807) is 31.0 Å². The average Bonchev–Trinajstić information content (AvgIpc) is 3.52. The van der Waals surface area contributed by atoms with Gasteiger partial charge in [-0.15, -0.1) is 0 Å². The number of methoxy groups -OCH3 is 1. The van der Waals surface area contributed by atoms with Crippen LogP contribution in [0.25, 0.3) is 16.9 Å². The Morgan fingerprint density at radius 3 is 2.56 bits per heavy atom. The molecule has 2 heterocycles. The minimum absolute atomic E-state index is 0.0216. The molecule has 0 saturated carbocycles. The standard InChI is InChI=1S/C26H25N5O3/c1-19-4-7-21(8-5-19)25-16-22(28-30(25)23-10-12-24(34-3)13-11-23)9-6-20(2)31(33)26(32)17-29-15-14-27-18-29/h4-5,7-8,10-16,18,20,33H,17H2,1-3H3. The molecule has 2 aromatic carbocycles. The third-order valence-electron chi connectivity index (χ3n) is 5.28. The van der Waals surface area contributed by atoms with Crippen LogP contribution in [0.1, 0.15) is 18.2 Å². The highest BCUT2D eigenvalue weighted by atomic mass is 16.5. The summed E-state index contributed by atoms with van der Waals surface area (Å²) < 4.78 is 8.66. The molecule has 0 saturated heterocycles. The van der Waals surface area contributed by atoms with Gasteiger partial charge in [-0.25, -0.2) is 14.7 Å². The maximum atomic E-state index is 12.3. The number of aryl methyl sites for hydroxylation is 1. The number of nitrogens with zero attached hydrogens (tertiary/aromatic N) is 5. The lowest BCUT2D eigenvalue weighted by Gasteiger charge is -2.18. The maximum absolute atomic E-state index is 12.3. The highest BCUT2D eigenvalue weighted by Crippen LogP contribution is 2.25. The van der Waals surface area contributed by atoms with Gasteiger partial charge in [-0.05, 0) is 44.0 Å². The number of amides is 1. The minimum atomic E-state index is -0.718. The topological polar surface area (TPSA) is 85.4 Å². The van der Waals surface area contributed by atoms with E-state index in [-0.39, 0.29) is 6.54 Å². The molecule has 0 aliphatic heterocycles. The van der Waals surface area contributed by atoms with Crippen molar-refractivity contribution < 1.29 is 14.7 Å². The van der Waals surface area contributed by atoms with Crippen LogP contribution in [-0.4, -0.2) is 48.7 Å². The van der Waals surface area contributed by atoms with Gasteiger partial charge in [0.2, 0.25) is 0 Å². The highest BCUT2D eigenvalue weighted by Gasteiger charge is 2.17. The van der Waals surface area contributed by atoms with Crippen molar-refractivity contribution in [2.24, 2.45) is 0 Å². The predicted octanol–water partition coefficient (Wildman–Crippen LogP) is 3.71. The fourth-order valence-electron chi connectivity index (χ4n) is 3.36. The first-order chi connectivity index (χ1) is 16.4. The molecule has 0 aliphatic carbocycles. The summed E-state index contributed by atoms with van der Waals surface area (Å²) in [5.74, 6) is 6.18. The highest BCUT2D eigenvalue weighted by molar-refractivity contribution is 5.75. The van der Waals surface area contributed by atoms with E-state index in [1.807, 2.05) is 66.2 Å². The van der Waals surface area contributed by atoms with Crippen LogP contribution in [0.5, 0.6) is 5.75 Å². The summed E-state index contributed by atoms with van der Waals surface area (Å²) in [6.07, 6.45) is 4.74. The monoisotopic (exact) mass is 455 g/mol.